The molecule has 0 amide bonds. The Morgan fingerprint density at radius 2 is 2.00 bits per heavy atom. The summed E-state index contributed by atoms with van der Waals surface area (Å²) >= 11 is 5.84. The van der Waals surface area contributed by atoms with Crippen molar-refractivity contribution in [3.05, 3.63) is 0 Å². The summed E-state index contributed by atoms with van der Waals surface area (Å²) in [4.78, 5) is 0. The van der Waals surface area contributed by atoms with Crippen molar-refractivity contribution in [1.82, 2.24) is 4.72 Å². The molecule has 4 nitrogen and oxygen atoms in total. The molecule has 1 aliphatic heterocycles. The molecule has 0 spiro atoms. The predicted octanol–water partition coefficient (Wildman–Crippen LogP) is 0.0525. The second-order valence-electron chi connectivity index (χ2n) is 3.66. The summed E-state index contributed by atoms with van der Waals surface area (Å²) in [5.41, 5.74) is 0. The molecule has 7 heteroatoms. The third-order valence-corrected chi connectivity index (χ3v) is 5.75. The minimum Gasteiger partial charge on any atom is -0.243 e. The topological polar surface area (TPSA) is 63.2 Å². The van der Waals surface area contributed by atoms with Crippen LogP contribution in [0.15, 0.2) is 0 Å². The zero-order chi connectivity index (χ0) is 10.9. The highest BCUT2D eigenvalue weighted by Gasteiger charge is 2.37. The van der Waals surface area contributed by atoms with E-state index in [0.717, 1.165) is 0 Å². The molecule has 1 heterocycles. The van der Waals surface area contributed by atoms with Gasteiger partial charge in [0, 0.05) is 5.25 Å². The number of nitrogens with one attached hydrogen (secondary N) is 1. The van der Waals surface area contributed by atoms with Gasteiger partial charge >= 0.3 is 0 Å². The maximum absolute atomic E-state index is 11.4. The summed E-state index contributed by atoms with van der Waals surface area (Å²) in [5, 5.41) is -0.509. The Hall–Kier alpha value is 0.350. The van der Waals surface area contributed by atoms with E-state index >= 15 is 0 Å². The Morgan fingerprint density at radius 3 is 2.36 bits per heavy atom. The van der Waals surface area contributed by atoms with E-state index in [0.29, 0.717) is 0 Å². The molecule has 1 fully saturated rings. The lowest BCUT2D eigenvalue weighted by molar-refractivity contribution is 0.600. The first-order valence-electron chi connectivity index (χ1n) is 4.33. The van der Waals surface area contributed by atoms with Crippen LogP contribution >= 0.6 is 11.6 Å². The van der Waals surface area contributed by atoms with Crippen LogP contribution in [0, 0.1) is 0 Å². The van der Waals surface area contributed by atoms with Gasteiger partial charge in [0.15, 0.2) is 9.84 Å². The molecule has 0 aromatic carbocycles. The molecule has 84 valence electrons. The van der Waals surface area contributed by atoms with Crippen molar-refractivity contribution in [3.8, 4) is 0 Å². The average Bonchev–Trinajstić information content (AvgIpc) is 2.24. The number of hydrogen-bond donors (Lipinski definition) is 1. The standard InChI is InChI=1S/C7H14ClNO3S2/c1-5(2)13(10)9-7-4-14(11,12)3-6(7)8/h5-7,9H,3-4H2,1-2H3. The van der Waals surface area contributed by atoms with Gasteiger partial charge in [-0.2, -0.15) is 0 Å². The molecule has 1 rings (SSSR count). The largest absolute Gasteiger partial charge is 0.243 e. The fraction of sp³-hybridized carbons (Fsp3) is 1.00. The predicted molar refractivity (Wildman–Crippen MR) is 58.5 cm³/mol. The molecule has 14 heavy (non-hydrogen) atoms. The van der Waals surface area contributed by atoms with Crippen LogP contribution in [0.1, 0.15) is 13.8 Å². The first-order chi connectivity index (χ1) is 6.32. The van der Waals surface area contributed by atoms with E-state index in [2.05, 4.69) is 4.72 Å². The Balaban J connectivity index is 2.60. The van der Waals surface area contributed by atoms with Gasteiger partial charge in [-0.25, -0.2) is 17.3 Å². The lowest BCUT2D eigenvalue weighted by Crippen LogP contribution is -2.40. The third kappa shape index (κ3) is 3.18. The normalized spacial score (nSPS) is 33.4. The SMILES string of the molecule is CC(C)S(=O)NC1CS(=O)(=O)CC1Cl. The van der Waals surface area contributed by atoms with Crippen molar-refractivity contribution in [1.29, 1.82) is 0 Å². The van der Waals surface area contributed by atoms with Gasteiger partial charge in [-0.1, -0.05) is 0 Å². The molecule has 0 aromatic rings. The molecule has 1 N–H and O–H groups in total. The lowest BCUT2D eigenvalue weighted by atomic mass is 10.3. The van der Waals surface area contributed by atoms with Crippen LogP contribution < -0.4 is 4.72 Å². The van der Waals surface area contributed by atoms with Gasteiger partial charge in [0.05, 0.1) is 33.9 Å². The summed E-state index contributed by atoms with van der Waals surface area (Å²) in [6.45, 7) is 3.60. The van der Waals surface area contributed by atoms with Gasteiger partial charge < -0.3 is 0 Å². The molecule has 0 radical (unpaired) electrons. The van der Waals surface area contributed by atoms with Crippen LogP contribution in [0.2, 0.25) is 0 Å². The lowest BCUT2D eigenvalue weighted by Gasteiger charge is -2.15. The monoisotopic (exact) mass is 259 g/mol. The second kappa shape index (κ2) is 4.47. The van der Waals surface area contributed by atoms with Crippen LogP contribution in [-0.2, 0) is 20.8 Å². The molecule has 1 aliphatic rings. The summed E-state index contributed by atoms with van der Waals surface area (Å²) in [6.07, 6.45) is 0. The van der Waals surface area contributed by atoms with Crippen molar-refractivity contribution < 1.29 is 12.6 Å². The summed E-state index contributed by atoms with van der Waals surface area (Å²) in [7, 11) is -4.26. The quantitative estimate of drug-likeness (QED) is 0.729. The van der Waals surface area contributed by atoms with Gasteiger partial charge in [-0.05, 0) is 13.8 Å². The molecule has 3 atom stereocenters. The minimum atomic E-state index is -3.04. The number of rotatable bonds is 3. The van der Waals surface area contributed by atoms with Gasteiger partial charge in [-0.15, -0.1) is 11.6 Å². The van der Waals surface area contributed by atoms with E-state index in [4.69, 9.17) is 11.6 Å². The Morgan fingerprint density at radius 1 is 1.43 bits per heavy atom. The minimum absolute atomic E-state index is 0.0143. The molecule has 1 saturated heterocycles. The highest BCUT2D eigenvalue weighted by Crippen LogP contribution is 2.18. The molecular formula is C7H14ClNO3S2. The number of alkyl halides is 1. The second-order valence-corrected chi connectivity index (χ2v) is 8.15. The zero-order valence-electron chi connectivity index (χ0n) is 8.07. The van der Waals surface area contributed by atoms with Gasteiger partial charge in [0.25, 0.3) is 0 Å². The fourth-order valence-electron chi connectivity index (χ4n) is 1.20. The Bertz CT molecular complexity index is 328. The smallest absolute Gasteiger partial charge is 0.153 e. The molecule has 0 aliphatic carbocycles. The van der Waals surface area contributed by atoms with Crippen molar-refractivity contribution >= 4 is 32.4 Å². The molecule has 0 bridgehead atoms. The van der Waals surface area contributed by atoms with E-state index in [9.17, 15) is 12.6 Å². The molecule has 0 aromatic heterocycles. The van der Waals surface area contributed by atoms with Gasteiger partial charge in [-0.3, -0.25) is 0 Å². The Labute approximate surface area is 91.9 Å². The highest BCUT2D eigenvalue weighted by atomic mass is 35.5. The maximum atomic E-state index is 11.4. The van der Waals surface area contributed by atoms with E-state index in [-0.39, 0.29) is 22.8 Å². The van der Waals surface area contributed by atoms with Crippen LogP contribution in [0.25, 0.3) is 0 Å². The molecular weight excluding hydrogens is 246 g/mol. The summed E-state index contributed by atoms with van der Waals surface area (Å²) < 4.78 is 36.5. The number of sulfone groups is 1. The molecule has 0 saturated carbocycles. The Kier molecular flexibility index (Phi) is 3.96. The summed E-state index contributed by atoms with van der Waals surface area (Å²) in [6, 6.07) is -0.384. The van der Waals surface area contributed by atoms with Gasteiger partial charge in [0.1, 0.15) is 0 Å². The zero-order valence-corrected chi connectivity index (χ0v) is 10.5. The van der Waals surface area contributed by atoms with Crippen molar-refractivity contribution in [3.63, 3.8) is 0 Å². The van der Waals surface area contributed by atoms with Crippen LogP contribution in [0.3, 0.4) is 0 Å². The first kappa shape index (κ1) is 12.4. The van der Waals surface area contributed by atoms with Crippen LogP contribution in [0.4, 0.5) is 0 Å². The molecule has 3 unspecified atom stereocenters. The third-order valence-electron chi connectivity index (χ3n) is 1.98. The van der Waals surface area contributed by atoms with E-state index in [1.807, 2.05) is 0 Å². The van der Waals surface area contributed by atoms with Crippen molar-refractivity contribution in [2.75, 3.05) is 11.5 Å². The van der Waals surface area contributed by atoms with E-state index < -0.39 is 26.2 Å². The van der Waals surface area contributed by atoms with Gasteiger partial charge in [0.2, 0.25) is 0 Å². The summed E-state index contributed by atoms with van der Waals surface area (Å²) in [5.74, 6) is -0.0405. The van der Waals surface area contributed by atoms with Crippen molar-refractivity contribution in [2.24, 2.45) is 0 Å². The van der Waals surface area contributed by atoms with Crippen LogP contribution in [-0.4, -0.2) is 40.8 Å². The van der Waals surface area contributed by atoms with E-state index in [1.54, 1.807) is 13.8 Å². The number of halogens is 1. The highest BCUT2D eigenvalue weighted by molar-refractivity contribution is 7.92. The van der Waals surface area contributed by atoms with E-state index in [1.165, 1.54) is 0 Å². The fourth-order valence-corrected chi connectivity index (χ4v) is 4.75. The number of hydrogen-bond acceptors (Lipinski definition) is 3. The maximum Gasteiger partial charge on any atom is 0.153 e. The van der Waals surface area contributed by atoms with Crippen molar-refractivity contribution in [2.45, 2.75) is 30.5 Å². The van der Waals surface area contributed by atoms with Crippen LogP contribution in [0.5, 0.6) is 0 Å². The first-order valence-corrected chi connectivity index (χ1v) is 7.80. The average molecular weight is 260 g/mol.